The fraction of sp³-hybridized carbons (Fsp3) is 0.839. The van der Waals surface area contributed by atoms with E-state index < -0.39 is 18.0 Å². The standard InChI is InChI=1S/C31H56N2O7/c1-25(26(2)34)19-17-18-24-32-28(35)23-22-27(31(39)40)33-29(36)20-15-13-11-9-7-5-3-4-6-8-10-12-14-16-21-30(37)38/h25,27H,3-24H2,1-2H3,(H,32,35)(H,33,36)(H,37,38)(H,39,40)/t25-,27-/m0/s1. The van der Waals surface area contributed by atoms with Crippen molar-refractivity contribution in [1.29, 1.82) is 0 Å². The molecule has 0 spiro atoms. The van der Waals surface area contributed by atoms with Crippen LogP contribution in [0, 0.1) is 5.92 Å². The first kappa shape index (κ1) is 37.6. The number of nitrogens with one attached hydrogen (secondary N) is 2. The minimum absolute atomic E-state index is 0.0306. The van der Waals surface area contributed by atoms with Crippen LogP contribution in [-0.4, -0.2) is 52.3 Å². The Morgan fingerprint density at radius 1 is 0.575 bits per heavy atom. The SMILES string of the molecule is CC(=O)[C@@H](C)CCCCNC(=O)CC[C@H](NC(=O)CCCCCCCCCCCCCCCCC(=O)O)C(=O)O. The molecule has 0 aliphatic carbocycles. The number of aliphatic carboxylic acids is 2. The zero-order valence-electron chi connectivity index (χ0n) is 25.1. The largest absolute Gasteiger partial charge is 0.481 e. The van der Waals surface area contributed by atoms with Gasteiger partial charge in [0.05, 0.1) is 0 Å². The highest BCUT2D eigenvalue weighted by Gasteiger charge is 2.20. The van der Waals surface area contributed by atoms with Gasteiger partial charge < -0.3 is 20.8 Å². The molecule has 2 atom stereocenters. The third-order valence-electron chi connectivity index (χ3n) is 7.42. The second-order valence-corrected chi connectivity index (χ2v) is 11.2. The number of amides is 2. The number of hydrogen-bond donors (Lipinski definition) is 4. The molecule has 2 amide bonds. The topological polar surface area (TPSA) is 150 Å². The van der Waals surface area contributed by atoms with Gasteiger partial charge in [-0.25, -0.2) is 4.79 Å². The average molecular weight is 569 g/mol. The average Bonchev–Trinajstić information content (AvgIpc) is 2.89. The quantitative estimate of drug-likeness (QED) is 0.0824. The van der Waals surface area contributed by atoms with Crippen molar-refractivity contribution >= 4 is 29.5 Å². The van der Waals surface area contributed by atoms with Crippen LogP contribution in [0.3, 0.4) is 0 Å². The van der Waals surface area contributed by atoms with Gasteiger partial charge >= 0.3 is 11.9 Å². The van der Waals surface area contributed by atoms with Gasteiger partial charge in [0.1, 0.15) is 11.8 Å². The van der Waals surface area contributed by atoms with Gasteiger partial charge in [-0.3, -0.25) is 19.2 Å². The molecule has 4 N–H and O–H groups in total. The summed E-state index contributed by atoms with van der Waals surface area (Å²) in [5, 5.41) is 23.3. The number of ketones is 1. The van der Waals surface area contributed by atoms with Crippen LogP contribution in [0.25, 0.3) is 0 Å². The molecule has 0 saturated heterocycles. The number of carboxylic acid groups (broad SMARTS) is 2. The molecule has 0 radical (unpaired) electrons. The minimum atomic E-state index is -1.13. The van der Waals surface area contributed by atoms with Gasteiger partial charge in [0.2, 0.25) is 11.8 Å². The fourth-order valence-electron chi connectivity index (χ4n) is 4.58. The van der Waals surface area contributed by atoms with E-state index in [9.17, 15) is 29.1 Å². The normalized spacial score (nSPS) is 12.4. The summed E-state index contributed by atoms with van der Waals surface area (Å²) < 4.78 is 0. The summed E-state index contributed by atoms with van der Waals surface area (Å²) in [5.74, 6) is -2.15. The van der Waals surface area contributed by atoms with Gasteiger partial charge in [0.15, 0.2) is 0 Å². The van der Waals surface area contributed by atoms with Gasteiger partial charge in [0.25, 0.3) is 0 Å². The Balaban J connectivity index is 3.69. The summed E-state index contributed by atoms with van der Waals surface area (Å²) in [5.41, 5.74) is 0. The third kappa shape index (κ3) is 24.6. The molecular weight excluding hydrogens is 512 g/mol. The van der Waals surface area contributed by atoms with E-state index in [2.05, 4.69) is 10.6 Å². The predicted molar refractivity (Wildman–Crippen MR) is 157 cm³/mol. The Kier molecular flexibility index (Phi) is 24.0. The second kappa shape index (κ2) is 25.5. The van der Waals surface area contributed by atoms with E-state index in [1.807, 2.05) is 6.92 Å². The maximum Gasteiger partial charge on any atom is 0.326 e. The first-order chi connectivity index (χ1) is 19.1. The molecule has 9 heteroatoms. The smallest absolute Gasteiger partial charge is 0.326 e. The Bertz CT molecular complexity index is 726. The highest BCUT2D eigenvalue weighted by molar-refractivity contribution is 5.84. The van der Waals surface area contributed by atoms with E-state index in [1.54, 1.807) is 6.92 Å². The van der Waals surface area contributed by atoms with E-state index in [1.165, 1.54) is 44.9 Å². The van der Waals surface area contributed by atoms with Gasteiger partial charge in [-0.05, 0) is 39.0 Å². The molecular formula is C31H56N2O7. The molecule has 0 bridgehead atoms. The van der Waals surface area contributed by atoms with Crippen molar-refractivity contribution in [3.05, 3.63) is 0 Å². The van der Waals surface area contributed by atoms with E-state index in [0.29, 0.717) is 13.0 Å². The molecule has 0 saturated carbocycles. The van der Waals surface area contributed by atoms with E-state index in [4.69, 9.17) is 5.11 Å². The molecule has 0 aromatic heterocycles. The summed E-state index contributed by atoms with van der Waals surface area (Å²) in [6, 6.07) is -1.06. The molecule has 0 aromatic rings. The molecule has 40 heavy (non-hydrogen) atoms. The zero-order valence-corrected chi connectivity index (χ0v) is 25.1. The molecule has 0 rings (SSSR count). The van der Waals surface area contributed by atoms with Crippen molar-refractivity contribution in [2.45, 2.75) is 155 Å². The summed E-state index contributed by atoms with van der Waals surface area (Å²) in [4.78, 5) is 57.4. The van der Waals surface area contributed by atoms with Gasteiger partial charge in [-0.2, -0.15) is 0 Å². The summed E-state index contributed by atoms with van der Waals surface area (Å²) >= 11 is 0. The third-order valence-corrected chi connectivity index (χ3v) is 7.42. The molecule has 0 heterocycles. The van der Waals surface area contributed by atoms with Crippen LogP contribution in [0.1, 0.15) is 149 Å². The maximum atomic E-state index is 12.2. The molecule has 9 nitrogen and oxygen atoms in total. The van der Waals surface area contributed by atoms with Crippen LogP contribution < -0.4 is 10.6 Å². The molecule has 232 valence electrons. The fourth-order valence-corrected chi connectivity index (χ4v) is 4.58. The number of Topliss-reactive ketones (excluding diaryl/α,β-unsaturated/α-hetero) is 1. The van der Waals surface area contributed by atoms with Crippen molar-refractivity contribution in [2.24, 2.45) is 5.92 Å². The molecule has 0 aliphatic heterocycles. The van der Waals surface area contributed by atoms with Gasteiger partial charge in [0, 0.05) is 31.7 Å². The lowest BCUT2D eigenvalue weighted by atomic mass is 10.0. The number of carbonyl (C=O) groups is 5. The molecule has 0 aliphatic rings. The van der Waals surface area contributed by atoms with Crippen molar-refractivity contribution in [1.82, 2.24) is 10.6 Å². The predicted octanol–water partition coefficient (Wildman–Crippen LogP) is 6.17. The van der Waals surface area contributed by atoms with Crippen molar-refractivity contribution in [2.75, 3.05) is 6.54 Å². The lowest BCUT2D eigenvalue weighted by molar-refractivity contribution is -0.142. The van der Waals surface area contributed by atoms with Gasteiger partial charge in [-0.15, -0.1) is 0 Å². The Labute approximate surface area is 241 Å². The van der Waals surface area contributed by atoms with Crippen molar-refractivity contribution in [3.8, 4) is 0 Å². The Morgan fingerprint density at radius 2 is 1.05 bits per heavy atom. The van der Waals surface area contributed by atoms with Gasteiger partial charge in [-0.1, -0.05) is 90.4 Å². The van der Waals surface area contributed by atoms with Crippen molar-refractivity contribution < 1.29 is 34.2 Å². The number of carbonyl (C=O) groups excluding carboxylic acids is 3. The Hall–Kier alpha value is -2.45. The molecule has 0 aromatic carbocycles. The van der Waals surface area contributed by atoms with Crippen LogP contribution in [0.15, 0.2) is 0 Å². The summed E-state index contributed by atoms with van der Waals surface area (Å²) in [7, 11) is 0. The highest BCUT2D eigenvalue weighted by atomic mass is 16.4. The number of rotatable bonds is 28. The first-order valence-corrected chi connectivity index (χ1v) is 15.6. The monoisotopic (exact) mass is 568 g/mol. The number of unbranched alkanes of at least 4 members (excludes halogenated alkanes) is 14. The highest BCUT2D eigenvalue weighted by Crippen LogP contribution is 2.14. The van der Waals surface area contributed by atoms with Crippen molar-refractivity contribution in [3.63, 3.8) is 0 Å². The van der Waals surface area contributed by atoms with Crippen LogP contribution >= 0.6 is 0 Å². The maximum absolute atomic E-state index is 12.2. The lowest BCUT2D eigenvalue weighted by Crippen LogP contribution is -2.41. The van der Waals surface area contributed by atoms with E-state index in [-0.39, 0.29) is 42.8 Å². The van der Waals surface area contributed by atoms with E-state index >= 15 is 0 Å². The van der Waals surface area contributed by atoms with E-state index in [0.717, 1.165) is 64.2 Å². The zero-order chi connectivity index (χ0) is 30.0. The summed E-state index contributed by atoms with van der Waals surface area (Å²) in [6.45, 7) is 3.97. The summed E-state index contributed by atoms with van der Waals surface area (Å²) in [6.07, 6.45) is 18.5. The minimum Gasteiger partial charge on any atom is -0.481 e. The van der Waals surface area contributed by atoms with Crippen LogP contribution in [-0.2, 0) is 24.0 Å². The van der Waals surface area contributed by atoms with Crippen LogP contribution in [0.5, 0.6) is 0 Å². The molecule has 0 unspecified atom stereocenters. The lowest BCUT2D eigenvalue weighted by Gasteiger charge is -2.14. The Morgan fingerprint density at radius 3 is 1.50 bits per heavy atom. The first-order valence-electron chi connectivity index (χ1n) is 15.6. The number of hydrogen-bond acceptors (Lipinski definition) is 5. The number of carboxylic acids is 2. The van der Waals surface area contributed by atoms with Crippen LogP contribution in [0.4, 0.5) is 0 Å². The second-order valence-electron chi connectivity index (χ2n) is 11.2. The van der Waals surface area contributed by atoms with Crippen LogP contribution in [0.2, 0.25) is 0 Å². The molecule has 0 fully saturated rings.